The summed E-state index contributed by atoms with van der Waals surface area (Å²) in [6, 6.07) is 24.5. The molecule has 1 aliphatic carbocycles. The Labute approximate surface area is 144 Å². The van der Waals surface area contributed by atoms with Gasteiger partial charge in [0.1, 0.15) is 0 Å². The van der Waals surface area contributed by atoms with Crippen LogP contribution in [0.4, 0.5) is 0 Å². The van der Waals surface area contributed by atoms with Crippen molar-refractivity contribution in [3.05, 3.63) is 77.0 Å². The second-order valence-electron chi connectivity index (χ2n) is 6.16. The van der Waals surface area contributed by atoms with E-state index in [9.17, 15) is 0 Å². The van der Waals surface area contributed by atoms with Crippen LogP contribution >= 0.6 is 19.3 Å². The van der Waals surface area contributed by atoms with Gasteiger partial charge in [0, 0.05) is 4.88 Å². The number of benzene rings is 2. The van der Waals surface area contributed by atoms with Crippen LogP contribution in [0, 0.1) is 0 Å². The summed E-state index contributed by atoms with van der Waals surface area (Å²) >= 11 is 1.98. The van der Waals surface area contributed by atoms with E-state index in [0.717, 1.165) is 5.92 Å². The minimum Gasteiger partial charge on any atom is -0.148 e. The molecular weight excluding hydrogens is 315 g/mol. The van der Waals surface area contributed by atoms with E-state index in [1.165, 1.54) is 36.3 Å². The molecule has 0 nitrogen and oxygen atoms in total. The monoisotopic (exact) mass is 336 g/mol. The Morgan fingerprint density at radius 3 is 1.87 bits per heavy atom. The van der Waals surface area contributed by atoms with Gasteiger partial charge in [-0.3, -0.25) is 0 Å². The van der Waals surface area contributed by atoms with Crippen molar-refractivity contribution in [3.63, 3.8) is 0 Å². The van der Waals surface area contributed by atoms with Crippen molar-refractivity contribution in [1.82, 2.24) is 0 Å². The number of rotatable bonds is 4. The van der Waals surface area contributed by atoms with E-state index in [1.54, 1.807) is 10.2 Å². The Morgan fingerprint density at radius 1 is 0.739 bits per heavy atom. The van der Waals surface area contributed by atoms with E-state index in [0.29, 0.717) is 0 Å². The molecule has 3 aromatic rings. The van der Waals surface area contributed by atoms with Gasteiger partial charge in [0.05, 0.1) is 0 Å². The first-order valence-corrected chi connectivity index (χ1v) is 10.6. The van der Waals surface area contributed by atoms with Crippen molar-refractivity contribution in [2.75, 3.05) is 0 Å². The predicted molar refractivity (Wildman–Crippen MR) is 104 cm³/mol. The first-order valence-electron chi connectivity index (χ1n) is 8.41. The van der Waals surface area contributed by atoms with E-state index < -0.39 is 7.92 Å². The maximum atomic E-state index is 2.39. The van der Waals surface area contributed by atoms with Crippen LogP contribution in [0.2, 0.25) is 0 Å². The highest BCUT2D eigenvalue weighted by atomic mass is 32.1. The van der Waals surface area contributed by atoms with Crippen molar-refractivity contribution < 1.29 is 0 Å². The second-order valence-corrected chi connectivity index (χ2v) is 9.29. The van der Waals surface area contributed by atoms with Gasteiger partial charge in [-0.2, -0.15) is 0 Å². The number of hydrogen-bond acceptors (Lipinski definition) is 1. The molecule has 2 heteroatoms. The minimum atomic E-state index is -0.435. The van der Waals surface area contributed by atoms with Crippen LogP contribution in [0.15, 0.2) is 72.1 Å². The van der Waals surface area contributed by atoms with E-state index in [-0.39, 0.29) is 0 Å². The molecule has 2 aromatic carbocycles. The van der Waals surface area contributed by atoms with E-state index in [4.69, 9.17) is 0 Å². The van der Waals surface area contributed by atoms with Crippen molar-refractivity contribution >= 4 is 35.2 Å². The van der Waals surface area contributed by atoms with E-state index in [1.807, 2.05) is 11.3 Å². The highest BCUT2D eigenvalue weighted by molar-refractivity contribution is 7.80. The molecule has 0 bridgehead atoms. The summed E-state index contributed by atoms with van der Waals surface area (Å²) in [7, 11) is -0.435. The molecule has 116 valence electrons. The highest BCUT2D eigenvalue weighted by Gasteiger charge is 2.26. The van der Waals surface area contributed by atoms with Gasteiger partial charge in [-0.05, 0) is 54.0 Å². The van der Waals surface area contributed by atoms with Gasteiger partial charge in [-0.15, -0.1) is 11.3 Å². The summed E-state index contributed by atoms with van der Waals surface area (Å²) < 4.78 is 0. The Bertz CT molecular complexity index is 702. The minimum absolute atomic E-state index is 0.435. The second kappa shape index (κ2) is 6.99. The standard InChI is InChI=1S/C21H21PS/c1-3-11-18(12-4-1)22(19-13-5-2-6-14-19)20-15-16-23-21(20)17-9-7-8-10-17/h1-6,11-17H,7-10H2. The summed E-state index contributed by atoms with van der Waals surface area (Å²) in [4.78, 5) is 1.65. The average Bonchev–Trinajstić information content (AvgIpc) is 3.28. The largest absolute Gasteiger partial charge is 0.148 e. The molecule has 0 unspecified atom stereocenters. The van der Waals surface area contributed by atoms with Gasteiger partial charge in [0.25, 0.3) is 0 Å². The average molecular weight is 336 g/mol. The first-order chi connectivity index (χ1) is 11.4. The van der Waals surface area contributed by atoms with Crippen LogP contribution in [-0.2, 0) is 0 Å². The molecule has 0 aliphatic heterocycles. The molecule has 0 radical (unpaired) electrons. The van der Waals surface area contributed by atoms with Crippen LogP contribution in [0.1, 0.15) is 36.5 Å². The first kappa shape index (κ1) is 15.1. The van der Waals surface area contributed by atoms with Crippen LogP contribution < -0.4 is 15.9 Å². The fourth-order valence-corrected chi connectivity index (χ4v) is 7.50. The SMILES string of the molecule is c1ccc(P(c2ccccc2)c2ccsc2C2CCCC2)cc1. The lowest BCUT2D eigenvalue weighted by atomic mass is 10.1. The molecular formula is C21H21PS. The lowest BCUT2D eigenvalue weighted by Crippen LogP contribution is -2.22. The van der Waals surface area contributed by atoms with Gasteiger partial charge in [-0.1, -0.05) is 73.5 Å². The van der Waals surface area contributed by atoms with Crippen LogP contribution in [0.5, 0.6) is 0 Å². The van der Waals surface area contributed by atoms with Gasteiger partial charge in [0.15, 0.2) is 0 Å². The molecule has 0 amide bonds. The third kappa shape index (κ3) is 3.13. The Morgan fingerprint density at radius 2 is 1.30 bits per heavy atom. The Kier molecular flexibility index (Phi) is 4.60. The van der Waals surface area contributed by atoms with Crippen LogP contribution in [0.3, 0.4) is 0 Å². The van der Waals surface area contributed by atoms with E-state index in [2.05, 4.69) is 72.1 Å². The van der Waals surface area contributed by atoms with Gasteiger partial charge >= 0.3 is 0 Å². The van der Waals surface area contributed by atoms with Crippen molar-refractivity contribution in [3.8, 4) is 0 Å². The molecule has 1 fully saturated rings. The van der Waals surface area contributed by atoms with Gasteiger partial charge < -0.3 is 0 Å². The molecule has 1 heterocycles. The smallest absolute Gasteiger partial charge is 0.0160 e. The maximum Gasteiger partial charge on any atom is 0.0160 e. The third-order valence-electron chi connectivity index (χ3n) is 4.67. The van der Waals surface area contributed by atoms with Crippen molar-refractivity contribution in [2.24, 2.45) is 0 Å². The zero-order valence-electron chi connectivity index (χ0n) is 13.2. The molecule has 0 N–H and O–H groups in total. The highest BCUT2D eigenvalue weighted by Crippen LogP contribution is 2.42. The normalized spacial score (nSPS) is 15.3. The zero-order valence-corrected chi connectivity index (χ0v) is 14.9. The summed E-state index contributed by atoms with van der Waals surface area (Å²) in [6.07, 6.45) is 5.55. The number of thiophene rings is 1. The molecule has 0 saturated heterocycles. The molecule has 0 spiro atoms. The molecule has 23 heavy (non-hydrogen) atoms. The summed E-state index contributed by atoms with van der Waals surface area (Å²) in [5.74, 6) is 0.794. The summed E-state index contributed by atoms with van der Waals surface area (Å²) in [5, 5.41) is 6.83. The number of hydrogen-bond donors (Lipinski definition) is 0. The van der Waals surface area contributed by atoms with Crippen LogP contribution in [0.25, 0.3) is 0 Å². The molecule has 1 saturated carbocycles. The third-order valence-corrected chi connectivity index (χ3v) is 8.40. The van der Waals surface area contributed by atoms with Crippen LogP contribution in [-0.4, -0.2) is 0 Å². The fourth-order valence-electron chi connectivity index (χ4n) is 3.57. The maximum absolute atomic E-state index is 2.39. The Balaban J connectivity index is 1.82. The van der Waals surface area contributed by atoms with Crippen molar-refractivity contribution in [1.29, 1.82) is 0 Å². The Hall–Kier alpha value is -1.43. The topological polar surface area (TPSA) is 0 Å². The van der Waals surface area contributed by atoms with Crippen molar-refractivity contribution in [2.45, 2.75) is 31.6 Å². The predicted octanol–water partition coefficient (Wildman–Crippen LogP) is 5.16. The fraction of sp³-hybridized carbons (Fsp3) is 0.238. The molecule has 0 atom stereocenters. The summed E-state index contributed by atoms with van der Waals surface area (Å²) in [5.41, 5.74) is 0. The quantitative estimate of drug-likeness (QED) is 0.577. The van der Waals surface area contributed by atoms with Gasteiger partial charge in [-0.25, -0.2) is 0 Å². The lowest BCUT2D eigenvalue weighted by molar-refractivity contribution is 0.742. The van der Waals surface area contributed by atoms with E-state index >= 15 is 0 Å². The lowest BCUT2D eigenvalue weighted by Gasteiger charge is -2.21. The zero-order chi connectivity index (χ0) is 15.5. The summed E-state index contributed by atoms with van der Waals surface area (Å²) in [6.45, 7) is 0. The molecule has 1 aromatic heterocycles. The molecule has 1 aliphatic rings. The molecule has 4 rings (SSSR count). The van der Waals surface area contributed by atoms with Gasteiger partial charge in [0.2, 0.25) is 0 Å².